The number of alkyl carbamates (subject to hydrolysis) is 1. The lowest BCUT2D eigenvalue weighted by atomic mass is 9.88. The predicted molar refractivity (Wildman–Crippen MR) is 152 cm³/mol. The molecular formula is C29H39N3O5S. The molecule has 2 aromatic carbocycles. The summed E-state index contributed by atoms with van der Waals surface area (Å²) in [5, 5.41) is 5.63. The van der Waals surface area contributed by atoms with E-state index in [-0.39, 0.29) is 23.6 Å². The largest absolute Gasteiger partial charge is 0.497 e. The summed E-state index contributed by atoms with van der Waals surface area (Å²) < 4.78 is 10.6. The number of hydrogen-bond acceptors (Lipinski definition) is 6. The first-order valence-electron chi connectivity index (χ1n) is 13.0. The minimum atomic E-state index is -0.958. The van der Waals surface area contributed by atoms with E-state index in [4.69, 9.17) is 9.47 Å². The maximum Gasteiger partial charge on any atom is 0.408 e. The number of ether oxygens (including phenoxy) is 2. The number of thiol groups is 1. The molecule has 0 bridgehead atoms. The summed E-state index contributed by atoms with van der Waals surface area (Å²) in [6.07, 6.45) is 2.66. The van der Waals surface area contributed by atoms with E-state index in [0.717, 1.165) is 31.2 Å². The van der Waals surface area contributed by atoms with Gasteiger partial charge in [-0.05, 0) is 81.8 Å². The predicted octanol–water partition coefficient (Wildman–Crippen LogP) is 5.14. The third-order valence-corrected chi connectivity index (χ3v) is 6.85. The van der Waals surface area contributed by atoms with E-state index in [0.29, 0.717) is 17.0 Å². The molecule has 0 aromatic heterocycles. The summed E-state index contributed by atoms with van der Waals surface area (Å²) >= 11 is 4.35. The SMILES string of the molecule is CCc1ccc(C(C(=O)Nc2ccc(OC)cc2)N(C(=O)C(CS)NC(=O)OC(C)(C)C)C2CCC2)cc1. The van der Waals surface area contributed by atoms with Gasteiger partial charge in [-0.3, -0.25) is 9.59 Å². The van der Waals surface area contributed by atoms with Crippen LogP contribution < -0.4 is 15.4 Å². The third-order valence-electron chi connectivity index (χ3n) is 6.48. The van der Waals surface area contributed by atoms with Gasteiger partial charge in [0.2, 0.25) is 5.91 Å². The van der Waals surface area contributed by atoms with Crippen LogP contribution in [0.15, 0.2) is 48.5 Å². The molecule has 2 atom stereocenters. The van der Waals surface area contributed by atoms with E-state index in [1.165, 1.54) is 0 Å². The first kappa shape index (κ1) is 29.4. The Hall–Kier alpha value is -3.20. The molecule has 2 unspecified atom stereocenters. The highest BCUT2D eigenvalue weighted by Gasteiger charge is 2.41. The van der Waals surface area contributed by atoms with Crippen molar-refractivity contribution < 1.29 is 23.9 Å². The Labute approximate surface area is 230 Å². The molecule has 0 spiro atoms. The number of benzene rings is 2. The van der Waals surface area contributed by atoms with Crippen molar-refractivity contribution in [3.05, 3.63) is 59.7 Å². The number of aryl methyl sites for hydroxylation is 1. The molecule has 1 aliphatic rings. The van der Waals surface area contributed by atoms with Crippen LogP contribution in [-0.4, -0.2) is 53.4 Å². The minimum Gasteiger partial charge on any atom is -0.497 e. The topological polar surface area (TPSA) is 97.0 Å². The van der Waals surface area contributed by atoms with E-state index in [1.807, 2.05) is 24.3 Å². The van der Waals surface area contributed by atoms with E-state index in [2.05, 4.69) is 30.2 Å². The first-order chi connectivity index (χ1) is 18.1. The monoisotopic (exact) mass is 541 g/mol. The summed E-state index contributed by atoms with van der Waals surface area (Å²) in [6, 6.07) is 12.8. The molecule has 2 N–H and O–H groups in total. The van der Waals surface area contributed by atoms with Crippen molar-refractivity contribution >= 4 is 36.2 Å². The van der Waals surface area contributed by atoms with Crippen molar-refractivity contribution in [3.8, 4) is 5.75 Å². The Bertz CT molecular complexity index is 1090. The Morgan fingerprint density at radius 3 is 2.16 bits per heavy atom. The van der Waals surface area contributed by atoms with Crippen molar-refractivity contribution in [1.29, 1.82) is 0 Å². The van der Waals surface area contributed by atoms with Crippen LogP contribution in [0.25, 0.3) is 0 Å². The van der Waals surface area contributed by atoms with Gasteiger partial charge in [-0.1, -0.05) is 31.2 Å². The van der Waals surface area contributed by atoms with Crippen LogP contribution in [0.4, 0.5) is 10.5 Å². The van der Waals surface area contributed by atoms with Gasteiger partial charge in [0.1, 0.15) is 23.4 Å². The number of carbonyl (C=O) groups excluding carboxylic acids is 3. The number of rotatable bonds is 10. The highest BCUT2D eigenvalue weighted by atomic mass is 32.1. The normalized spacial score (nSPS) is 15.0. The fraction of sp³-hybridized carbons (Fsp3) is 0.483. The van der Waals surface area contributed by atoms with Crippen molar-refractivity contribution in [2.75, 3.05) is 18.2 Å². The molecule has 9 heteroatoms. The fourth-order valence-corrected chi connectivity index (χ4v) is 4.50. The van der Waals surface area contributed by atoms with E-state index < -0.39 is 23.8 Å². The van der Waals surface area contributed by atoms with Crippen molar-refractivity contribution in [3.63, 3.8) is 0 Å². The number of hydrogen-bond donors (Lipinski definition) is 3. The molecule has 8 nitrogen and oxygen atoms in total. The van der Waals surface area contributed by atoms with Gasteiger partial charge >= 0.3 is 6.09 Å². The van der Waals surface area contributed by atoms with Crippen LogP contribution >= 0.6 is 12.6 Å². The molecule has 0 aliphatic heterocycles. The average molecular weight is 542 g/mol. The summed E-state index contributed by atoms with van der Waals surface area (Å²) in [5.41, 5.74) is 1.70. The van der Waals surface area contributed by atoms with Crippen molar-refractivity contribution in [2.24, 2.45) is 0 Å². The molecule has 206 valence electrons. The van der Waals surface area contributed by atoms with Gasteiger partial charge in [0.15, 0.2) is 0 Å². The molecule has 3 rings (SSSR count). The quantitative estimate of drug-likeness (QED) is 0.362. The van der Waals surface area contributed by atoms with E-state index in [9.17, 15) is 14.4 Å². The second-order valence-electron chi connectivity index (χ2n) is 10.4. The summed E-state index contributed by atoms with van der Waals surface area (Å²) in [7, 11) is 1.58. The Morgan fingerprint density at radius 1 is 1.05 bits per heavy atom. The van der Waals surface area contributed by atoms with Gasteiger partial charge in [0.25, 0.3) is 5.91 Å². The Kier molecular flexibility index (Phi) is 10.1. The van der Waals surface area contributed by atoms with Gasteiger partial charge < -0.3 is 25.0 Å². The highest BCUT2D eigenvalue weighted by molar-refractivity contribution is 7.80. The molecule has 3 amide bonds. The van der Waals surface area contributed by atoms with Crippen LogP contribution in [0.5, 0.6) is 5.75 Å². The van der Waals surface area contributed by atoms with Gasteiger partial charge in [0, 0.05) is 17.5 Å². The third kappa shape index (κ3) is 7.66. The maximum atomic E-state index is 14.0. The number of anilines is 1. The molecule has 2 aromatic rings. The number of nitrogens with zero attached hydrogens (tertiary/aromatic N) is 1. The van der Waals surface area contributed by atoms with Crippen molar-refractivity contribution in [1.82, 2.24) is 10.2 Å². The summed E-state index contributed by atoms with van der Waals surface area (Å²) in [4.78, 5) is 42.0. The number of nitrogens with one attached hydrogen (secondary N) is 2. The molecule has 0 saturated heterocycles. The van der Waals surface area contributed by atoms with E-state index in [1.54, 1.807) is 57.0 Å². The molecule has 1 fully saturated rings. The second kappa shape index (κ2) is 13.0. The molecule has 1 saturated carbocycles. The summed E-state index contributed by atoms with van der Waals surface area (Å²) in [6.45, 7) is 7.32. The van der Waals surface area contributed by atoms with Crippen LogP contribution in [-0.2, 0) is 20.7 Å². The Balaban J connectivity index is 1.96. The number of carbonyl (C=O) groups is 3. The van der Waals surface area contributed by atoms with Gasteiger partial charge in [-0.15, -0.1) is 0 Å². The molecule has 0 heterocycles. The first-order valence-corrected chi connectivity index (χ1v) is 13.7. The maximum absolute atomic E-state index is 14.0. The molecule has 0 radical (unpaired) electrons. The standard InChI is InChI=1S/C29H39N3O5S/c1-6-19-10-12-20(13-11-19)25(26(33)30-21-14-16-23(36-5)17-15-21)32(22-8-7-9-22)27(34)24(18-38)31-28(35)37-29(2,3)4/h10-17,22,24-25,38H,6-9,18H2,1-5H3,(H,30,33)(H,31,35). The number of amides is 3. The Morgan fingerprint density at radius 2 is 1.68 bits per heavy atom. The zero-order chi connectivity index (χ0) is 27.9. The number of methoxy groups -OCH3 is 1. The minimum absolute atomic E-state index is 0.0584. The zero-order valence-electron chi connectivity index (χ0n) is 22.8. The molecule has 1 aliphatic carbocycles. The van der Waals surface area contributed by atoms with Gasteiger partial charge in [-0.2, -0.15) is 12.6 Å². The van der Waals surface area contributed by atoms with Crippen LogP contribution in [0, 0.1) is 0 Å². The lowest BCUT2D eigenvalue weighted by Gasteiger charge is -2.43. The fourth-order valence-electron chi connectivity index (χ4n) is 4.26. The van der Waals surface area contributed by atoms with Crippen LogP contribution in [0.1, 0.15) is 64.1 Å². The van der Waals surface area contributed by atoms with Crippen molar-refractivity contribution in [2.45, 2.75) is 77.1 Å². The zero-order valence-corrected chi connectivity index (χ0v) is 23.7. The van der Waals surface area contributed by atoms with Gasteiger partial charge in [0.05, 0.1) is 7.11 Å². The molecule has 38 heavy (non-hydrogen) atoms. The second-order valence-corrected chi connectivity index (χ2v) is 10.8. The molecular weight excluding hydrogens is 502 g/mol. The smallest absolute Gasteiger partial charge is 0.408 e. The van der Waals surface area contributed by atoms with Crippen LogP contribution in [0.3, 0.4) is 0 Å². The van der Waals surface area contributed by atoms with Crippen LogP contribution in [0.2, 0.25) is 0 Å². The lowest BCUT2D eigenvalue weighted by Crippen LogP contribution is -2.57. The lowest BCUT2D eigenvalue weighted by molar-refractivity contribution is -0.145. The average Bonchev–Trinajstić information content (AvgIpc) is 2.85. The highest BCUT2D eigenvalue weighted by Crippen LogP contribution is 2.34. The van der Waals surface area contributed by atoms with Gasteiger partial charge in [-0.25, -0.2) is 4.79 Å². The summed E-state index contributed by atoms with van der Waals surface area (Å²) in [5.74, 6) is 0.0220. The van der Waals surface area contributed by atoms with E-state index >= 15 is 0 Å².